The number of nitrogens with two attached hydrogens (primary N) is 1. The molecule has 0 unspecified atom stereocenters. The zero-order valence-corrected chi connectivity index (χ0v) is 12.4. The fraction of sp³-hybridized carbons (Fsp3) is 0.462. The largest absolute Gasteiger partial charge is 0.399 e. The van der Waals surface area contributed by atoms with Crippen LogP contribution in [-0.4, -0.2) is 30.4 Å². The lowest BCUT2D eigenvalue weighted by atomic mass is 10.2. The smallest absolute Gasteiger partial charge is 0.224 e. The molecular weight excluding hydrogens is 341 g/mol. The molecule has 0 atom stereocenters. The maximum Gasteiger partial charge on any atom is 0.224 e. The van der Waals surface area contributed by atoms with Gasteiger partial charge in [-0.2, -0.15) is 0 Å². The van der Waals surface area contributed by atoms with E-state index in [0.29, 0.717) is 13.0 Å². The SMILES string of the molecule is Nc1ccc(NCCC(=O)N2CCCC2)c(I)c1. The summed E-state index contributed by atoms with van der Waals surface area (Å²) < 4.78 is 1.08. The minimum atomic E-state index is 0.255. The summed E-state index contributed by atoms with van der Waals surface area (Å²) in [6.45, 7) is 2.53. The summed E-state index contributed by atoms with van der Waals surface area (Å²) in [5.74, 6) is 0.255. The van der Waals surface area contributed by atoms with Crippen LogP contribution < -0.4 is 11.1 Å². The van der Waals surface area contributed by atoms with Gasteiger partial charge < -0.3 is 16.0 Å². The molecule has 0 bridgehead atoms. The Labute approximate surface area is 121 Å². The number of halogens is 1. The Bertz CT molecular complexity index is 430. The van der Waals surface area contributed by atoms with Crippen molar-refractivity contribution in [2.45, 2.75) is 19.3 Å². The Morgan fingerprint density at radius 1 is 1.39 bits per heavy atom. The lowest BCUT2D eigenvalue weighted by molar-refractivity contribution is -0.129. The number of carbonyl (C=O) groups excluding carboxylic acids is 1. The van der Waals surface area contributed by atoms with E-state index in [1.807, 2.05) is 23.1 Å². The number of nitrogens with one attached hydrogen (secondary N) is 1. The average molecular weight is 359 g/mol. The Morgan fingerprint density at radius 3 is 2.78 bits per heavy atom. The van der Waals surface area contributed by atoms with Crippen LogP contribution in [-0.2, 0) is 4.79 Å². The van der Waals surface area contributed by atoms with E-state index in [1.165, 1.54) is 0 Å². The summed E-state index contributed by atoms with van der Waals surface area (Å²) in [7, 11) is 0. The minimum Gasteiger partial charge on any atom is -0.399 e. The Balaban J connectivity index is 1.79. The van der Waals surface area contributed by atoms with Crippen LogP contribution in [0.4, 0.5) is 11.4 Å². The van der Waals surface area contributed by atoms with Crippen LogP contribution in [0.2, 0.25) is 0 Å². The zero-order chi connectivity index (χ0) is 13.0. The molecule has 1 aromatic carbocycles. The maximum atomic E-state index is 11.8. The molecule has 2 rings (SSSR count). The third kappa shape index (κ3) is 3.51. The number of carbonyl (C=O) groups is 1. The highest BCUT2D eigenvalue weighted by Gasteiger charge is 2.16. The number of hydrogen-bond donors (Lipinski definition) is 2. The summed E-state index contributed by atoms with van der Waals surface area (Å²) >= 11 is 2.24. The Hall–Kier alpha value is -0.980. The highest BCUT2D eigenvalue weighted by molar-refractivity contribution is 14.1. The van der Waals surface area contributed by atoms with Gasteiger partial charge in [-0.1, -0.05) is 0 Å². The number of nitrogen functional groups attached to an aromatic ring is 1. The lowest BCUT2D eigenvalue weighted by Crippen LogP contribution is -2.29. The van der Waals surface area contributed by atoms with Gasteiger partial charge in [-0.25, -0.2) is 0 Å². The van der Waals surface area contributed by atoms with Gasteiger partial charge >= 0.3 is 0 Å². The van der Waals surface area contributed by atoms with Crippen molar-refractivity contribution >= 4 is 39.9 Å². The van der Waals surface area contributed by atoms with Gasteiger partial charge in [0.2, 0.25) is 5.91 Å². The lowest BCUT2D eigenvalue weighted by Gasteiger charge is -2.15. The second-order valence-corrected chi connectivity index (χ2v) is 5.67. The quantitative estimate of drug-likeness (QED) is 0.641. The van der Waals surface area contributed by atoms with E-state index in [9.17, 15) is 4.79 Å². The monoisotopic (exact) mass is 359 g/mol. The number of likely N-dealkylation sites (tertiary alicyclic amines) is 1. The fourth-order valence-corrected chi connectivity index (χ4v) is 2.83. The third-order valence-corrected chi connectivity index (χ3v) is 4.00. The summed E-state index contributed by atoms with van der Waals surface area (Å²) in [5.41, 5.74) is 7.50. The highest BCUT2D eigenvalue weighted by atomic mass is 127. The highest BCUT2D eigenvalue weighted by Crippen LogP contribution is 2.20. The van der Waals surface area contributed by atoms with Crippen LogP contribution in [0.1, 0.15) is 19.3 Å². The molecule has 0 spiro atoms. The topological polar surface area (TPSA) is 58.4 Å². The molecule has 4 nitrogen and oxygen atoms in total. The number of rotatable bonds is 4. The predicted molar refractivity (Wildman–Crippen MR) is 82.5 cm³/mol. The van der Waals surface area contributed by atoms with Crippen LogP contribution >= 0.6 is 22.6 Å². The van der Waals surface area contributed by atoms with Crippen LogP contribution in [0.5, 0.6) is 0 Å². The maximum absolute atomic E-state index is 11.8. The molecule has 0 aromatic heterocycles. The fourth-order valence-electron chi connectivity index (χ4n) is 2.10. The molecule has 1 aromatic rings. The summed E-state index contributed by atoms with van der Waals surface area (Å²) in [6.07, 6.45) is 2.85. The molecule has 1 fully saturated rings. The van der Waals surface area contributed by atoms with E-state index in [0.717, 1.165) is 40.9 Å². The Morgan fingerprint density at radius 2 is 2.11 bits per heavy atom. The standard InChI is InChI=1S/C13H18IN3O/c14-11-9-10(15)3-4-12(11)16-6-5-13(18)17-7-1-2-8-17/h3-4,9,16H,1-2,5-8,15H2. The van der Waals surface area contributed by atoms with E-state index in [2.05, 4.69) is 27.9 Å². The normalized spacial score (nSPS) is 14.8. The van der Waals surface area contributed by atoms with Crippen molar-refractivity contribution in [3.63, 3.8) is 0 Å². The molecule has 0 radical (unpaired) electrons. The molecule has 18 heavy (non-hydrogen) atoms. The molecule has 1 aliphatic rings. The van der Waals surface area contributed by atoms with Crippen molar-refractivity contribution in [2.75, 3.05) is 30.7 Å². The summed E-state index contributed by atoms with van der Waals surface area (Å²) in [4.78, 5) is 13.8. The van der Waals surface area contributed by atoms with Gasteiger partial charge in [-0.15, -0.1) is 0 Å². The van der Waals surface area contributed by atoms with Crippen molar-refractivity contribution in [1.82, 2.24) is 4.90 Å². The number of hydrogen-bond acceptors (Lipinski definition) is 3. The number of amides is 1. The third-order valence-electron chi connectivity index (χ3n) is 3.11. The second kappa shape index (κ2) is 6.26. The number of anilines is 2. The van der Waals surface area contributed by atoms with Crippen LogP contribution in [0.25, 0.3) is 0 Å². The summed E-state index contributed by atoms with van der Waals surface area (Å²) in [6, 6.07) is 5.75. The second-order valence-electron chi connectivity index (χ2n) is 4.50. The van der Waals surface area contributed by atoms with Crippen molar-refractivity contribution in [1.29, 1.82) is 0 Å². The first kappa shape index (κ1) is 13.5. The predicted octanol–water partition coefficient (Wildman–Crippen LogP) is 2.30. The van der Waals surface area contributed by atoms with Gasteiger partial charge in [0, 0.05) is 41.0 Å². The molecule has 1 aliphatic heterocycles. The molecule has 3 N–H and O–H groups in total. The first-order chi connectivity index (χ1) is 8.66. The molecule has 5 heteroatoms. The molecule has 98 valence electrons. The van der Waals surface area contributed by atoms with Crippen molar-refractivity contribution in [3.8, 4) is 0 Å². The van der Waals surface area contributed by atoms with Crippen LogP contribution in [0.3, 0.4) is 0 Å². The van der Waals surface area contributed by atoms with Crippen molar-refractivity contribution < 1.29 is 4.79 Å². The zero-order valence-electron chi connectivity index (χ0n) is 10.3. The van der Waals surface area contributed by atoms with Gasteiger partial charge in [0.25, 0.3) is 0 Å². The van der Waals surface area contributed by atoms with Gasteiger partial charge in [-0.05, 0) is 53.6 Å². The van der Waals surface area contributed by atoms with Crippen LogP contribution in [0, 0.1) is 3.57 Å². The van der Waals surface area contributed by atoms with Gasteiger partial charge in [0.1, 0.15) is 0 Å². The molecule has 1 amide bonds. The molecule has 0 saturated carbocycles. The van der Waals surface area contributed by atoms with E-state index >= 15 is 0 Å². The average Bonchev–Trinajstić information content (AvgIpc) is 2.85. The van der Waals surface area contributed by atoms with Crippen LogP contribution in [0.15, 0.2) is 18.2 Å². The van der Waals surface area contributed by atoms with E-state index < -0.39 is 0 Å². The molecule has 1 saturated heterocycles. The van der Waals surface area contributed by atoms with Gasteiger partial charge in [-0.3, -0.25) is 4.79 Å². The van der Waals surface area contributed by atoms with Crippen molar-refractivity contribution in [2.24, 2.45) is 0 Å². The Kier molecular flexibility index (Phi) is 4.68. The van der Waals surface area contributed by atoms with Crippen molar-refractivity contribution in [3.05, 3.63) is 21.8 Å². The van der Waals surface area contributed by atoms with E-state index in [4.69, 9.17) is 5.73 Å². The molecular formula is C13H18IN3O. The summed E-state index contributed by atoms with van der Waals surface area (Å²) in [5, 5.41) is 3.28. The first-order valence-corrected chi connectivity index (χ1v) is 7.31. The van der Waals surface area contributed by atoms with Gasteiger partial charge in [0.05, 0.1) is 0 Å². The number of nitrogens with zero attached hydrogens (tertiary/aromatic N) is 1. The molecule has 1 heterocycles. The van der Waals surface area contributed by atoms with E-state index in [1.54, 1.807) is 0 Å². The molecule has 0 aliphatic carbocycles. The van der Waals surface area contributed by atoms with Gasteiger partial charge in [0.15, 0.2) is 0 Å². The first-order valence-electron chi connectivity index (χ1n) is 6.23. The van der Waals surface area contributed by atoms with E-state index in [-0.39, 0.29) is 5.91 Å². The minimum absolute atomic E-state index is 0.255. The number of benzene rings is 1.